The summed E-state index contributed by atoms with van der Waals surface area (Å²) in [5, 5.41) is 2.89. The zero-order chi connectivity index (χ0) is 28.9. The SMILES string of the molecule is CC(C)CC[C@@H](C(=O)N1C[C@]2(C[C@H]1C(N)=O)C(=O)Nc1ccccc12)N(C)C(=O)c1cc2c(F)cc(F)cc2[nH]1. The van der Waals surface area contributed by atoms with E-state index in [1.54, 1.807) is 24.3 Å². The fraction of sp³-hybridized carbons (Fsp3) is 0.379. The molecule has 3 aromatic rings. The molecule has 40 heavy (non-hydrogen) atoms. The number of para-hydroxylation sites is 1. The van der Waals surface area contributed by atoms with Crippen molar-refractivity contribution in [1.29, 1.82) is 0 Å². The zero-order valence-corrected chi connectivity index (χ0v) is 22.5. The van der Waals surface area contributed by atoms with Gasteiger partial charge in [0.2, 0.25) is 17.7 Å². The topological polar surface area (TPSA) is 129 Å². The lowest BCUT2D eigenvalue weighted by Gasteiger charge is -2.33. The maximum Gasteiger partial charge on any atom is 0.270 e. The summed E-state index contributed by atoms with van der Waals surface area (Å²) in [5.74, 6) is -3.58. The van der Waals surface area contributed by atoms with E-state index in [0.29, 0.717) is 17.7 Å². The smallest absolute Gasteiger partial charge is 0.270 e. The van der Waals surface area contributed by atoms with Gasteiger partial charge in [0, 0.05) is 30.7 Å². The van der Waals surface area contributed by atoms with Crippen molar-refractivity contribution < 1.29 is 28.0 Å². The number of benzene rings is 2. The monoisotopic (exact) mass is 551 g/mol. The Morgan fingerprint density at radius 1 is 1.15 bits per heavy atom. The number of amides is 4. The summed E-state index contributed by atoms with van der Waals surface area (Å²) < 4.78 is 28.0. The number of aromatic amines is 1. The van der Waals surface area contributed by atoms with Crippen LogP contribution in [0.5, 0.6) is 0 Å². The molecule has 2 aliphatic rings. The van der Waals surface area contributed by atoms with Crippen molar-refractivity contribution in [2.75, 3.05) is 18.9 Å². The summed E-state index contributed by atoms with van der Waals surface area (Å²) in [6.45, 7) is 3.89. The van der Waals surface area contributed by atoms with Crippen LogP contribution in [0, 0.1) is 17.6 Å². The van der Waals surface area contributed by atoms with E-state index < -0.39 is 46.9 Å². The van der Waals surface area contributed by atoms with Gasteiger partial charge in [-0.2, -0.15) is 0 Å². The highest BCUT2D eigenvalue weighted by Crippen LogP contribution is 2.46. The van der Waals surface area contributed by atoms with E-state index in [0.717, 1.165) is 12.1 Å². The van der Waals surface area contributed by atoms with E-state index in [-0.39, 0.29) is 47.8 Å². The first-order chi connectivity index (χ1) is 18.9. The number of hydrogen-bond donors (Lipinski definition) is 3. The molecule has 11 heteroatoms. The number of carbonyl (C=O) groups excluding carboxylic acids is 4. The number of nitrogens with one attached hydrogen (secondary N) is 2. The Kier molecular flexibility index (Phi) is 6.85. The average molecular weight is 552 g/mol. The summed E-state index contributed by atoms with van der Waals surface area (Å²) >= 11 is 0. The van der Waals surface area contributed by atoms with Gasteiger partial charge in [0.25, 0.3) is 5.91 Å². The average Bonchev–Trinajstić information content (AvgIpc) is 3.58. The van der Waals surface area contributed by atoms with Crippen LogP contribution in [-0.2, 0) is 19.8 Å². The van der Waals surface area contributed by atoms with Gasteiger partial charge in [-0.25, -0.2) is 8.78 Å². The van der Waals surface area contributed by atoms with E-state index in [1.807, 2.05) is 13.8 Å². The summed E-state index contributed by atoms with van der Waals surface area (Å²) in [4.78, 5) is 58.8. The second kappa shape index (κ2) is 10.0. The molecule has 3 atom stereocenters. The minimum absolute atomic E-state index is 0.0159. The molecule has 3 heterocycles. The molecule has 210 valence electrons. The Balaban J connectivity index is 1.48. The second-order valence-electron chi connectivity index (χ2n) is 11.1. The third kappa shape index (κ3) is 4.48. The number of anilines is 1. The van der Waals surface area contributed by atoms with Gasteiger partial charge < -0.3 is 25.8 Å². The first kappa shape index (κ1) is 27.3. The second-order valence-corrected chi connectivity index (χ2v) is 11.1. The standard InChI is InChI=1S/C29H31F2N5O4/c1-15(2)8-9-23(35(3)26(38)22-12-17-19(31)10-16(30)11-21(17)33-22)27(39)36-14-29(13-24(36)25(32)37)18-6-4-5-7-20(18)34-28(29)40/h4-7,10-12,15,23-24,33H,8-9,13-14H2,1-3H3,(H2,32,37)(H,34,40)/t23-,24-,29-/m0/s1. The maximum absolute atomic E-state index is 14.3. The number of carbonyl (C=O) groups is 4. The van der Waals surface area contributed by atoms with Gasteiger partial charge in [0.15, 0.2) is 0 Å². The fourth-order valence-electron chi connectivity index (χ4n) is 5.90. The number of hydrogen-bond acceptors (Lipinski definition) is 4. The van der Waals surface area contributed by atoms with Crippen LogP contribution in [-0.4, -0.2) is 64.1 Å². The van der Waals surface area contributed by atoms with Crippen LogP contribution in [0.25, 0.3) is 10.9 Å². The van der Waals surface area contributed by atoms with Gasteiger partial charge in [-0.1, -0.05) is 32.0 Å². The quantitative estimate of drug-likeness (QED) is 0.416. The van der Waals surface area contributed by atoms with Crippen molar-refractivity contribution in [1.82, 2.24) is 14.8 Å². The Hall–Kier alpha value is -4.28. The number of primary amides is 1. The molecule has 2 aliphatic heterocycles. The van der Waals surface area contributed by atoms with Crippen molar-refractivity contribution in [2.45, 2.75) is 50.6 Å². The van der Waals surface area contributed by atoms with Gasteiger partial charge in [0.1, 0.15) is 29.4 Å². The molecular formula is C29H31F2N5O4. The molecule has 1 fully saturated rings. The number of H-pyrrole nitrogens is 1. The largest absolute Gasteiger partial charge is 0.368 e. The first-order valence-electron chi connectivity index (χ1n) is 13.2. The van der Waals surface area contributed by atoms with Gasteiger partial charge in [-0.05, 0) is 48.9 Å². The first-order valence-corrected chi connectivity index (χ1v) is 13.2. The van der Waals surface area contributed by atoms with E-state index >= 15 is 0 Å². The lowest BCUT2D eigenvalue weighted by atomic mass is 9.79. The Morgan fingerprint density at radius 3 is 2.58 bits per heavy atom. The predicted molar refractivity (Wildman–Crippen MR) is 144 cm³/mol. The summed E-state index contributed by atoms with van der Waals surface area (Å²) in [7, 11) is 1.45. The van der Waals surface area contributed by atoms with Crippen LogP contribution in [0.1, 0.15) is 49.2 Å². The van der Waals surface area contributed by atoms with Gasteiger partial charge in [0.05, 0.1) is 10.9 Å². The Bertz CT molecular complexity index is 1540. The Morgan fingerprint density at radius 2 is 1.88 bits per heavy atom. The van der Waals surface area contributed by atoms with Crippen molar-refractivity contribution in [3.63, 3.8) is 0 Å². The van der Waals surface area contributed by atoms with E-state index in [4.69, 9.17) is 5.73 Å². The molecule has 0 unspecified atom stereocenters. The molecular weight excluding hydrogens is 520 g/mol. The number of nitrogens with zero attached hydrogens (tertiary/aromatic N) is 2. The van der Waals surface area contributed by atoms with Crippen LogP contribution >= 0.6 is 0 Å². The van der Waals surface area contributed by atoms with Crippen molar-refractivity contribution >= 4 is 40.2 Å². The van der Waals surface area contributed by atoms with Crippen LogP contribution < -0.4 is 11.1 Å². The normalized spacial score (nSPS) is 20.7. The van der Waals surface area contributed by atoms with Gasteiger partial charge in [-0.15, -0.1) is 0 Å². The van der Waals surface area contributed by atoms with Crippen LogP contribution in [0.2, 0.25) is 0 Å². The Labute approximate surface area is 229 Å². The molecule has 1 spiro atoms. The molecule has 4 amide bonds. The lowest BCUT2D eigenvalue weighted by Crippen LogP contribution is -2.53. The number of aromatic nitrogens is 1. The van der Waals surface area contributed by atoms with Crippen molar-refractivity contribution in [3.8, 4) is 0 Å². The predicted octanol–water partition coefficient (Wildman–Crippen LogP) is 3.30. The van der Waals surface area contributed by atoms with Gasteiger partial charge >= 0.3 is 0 Å². The third-order valence-electron chi connectivity index (χ3n) is 8.07. The van der Waals surface area contributed by atoms with Crippen LogP contribution in [0.4, 0.5) is 14.5 Å². The molecule has 9 nitrogen and oxygen atoms in total. The zero-order valence-electron chi connectivity index (χ0n) is 22.5. The van der Waals surface area contributed by atoms with Crippen molar-refractivity contribution in [2.24, 2.45) is 11.7 Å². The summed E-state index contributed by atoms with van der Waals surface area (Å²) in [5.41, 5.74) is 6.01. The van der Waals surface area contributed by atoms with E-state index in [9.17, 15) is 28.0 Å². The lowest BCUT2D eigenvalue weighted by molar-refractivity contribution is -0.141. The number of rotatable bonds is 7. The van der Waals surface area contributed by atoms with Crippen LogP contribution in [0.3, 0.4) is 0 Å². The highest BCUT2D eigenvalue weighted by Gasteiger charge is 2.57. The molecule has 4 N–H and O–H groups in total. The highest BCUT2D eigenvalue weighted by molar-refractivity contribution is 6.08. The molecule has 1 saturated heterocycles. The highest BCUT2D eigenvalue weighted by atomic mass is 19.1. The number of halogens is 2. The summed E-state index contributed by atoms with van der Waals surface area (Å²) in [6, 6.07) is 8.17. The number of nitrogens with two attached hydrogens (primary N) is 1. The molecule has 0 bridgehead atoms. The molecule has 0 aliphatic carbocycles. The summed E-state index contributed by atoms with van der Waals surface area (Å²) in [6.07, 6.45) is 0.891. The maximum atomic E-state index is 14.3. The molecule has 1 aromatic heterocycles. The molecule has 0 saturated carbocycles. The third-order valence-corrected chi connectivity index (χ3v) is 8.07. The van der Waals surface area contributed by atoms with Crippen LogP contribution in [0.15, 0.2) is 42.5 Å². The minimum atomic E-state index is -1.14. The minimum Gasteiger partial charge on any atom is -0.368 e. The molecule has 5 rings (SSSR count). The number of likely N-dealkylation sites (N-methyl/N-ethyl adjacent to an activating group) is 1. The number of fused-ring (bicyclic) bond motifs is 3. The molecule has 0 radical (unpaired) electrons. The van der Waals surface area contributed by atoms with E-state index in [1.165, 1.54) is 22.9 Å². The van der Waals surface area contributed by atoms with Gasteiger partial charge in [-0.3, -0.25) is 19.2 Å². The fourth-order valence-corrected chi connectivity index (χ4v) is 5.90. The number of likely N-dealkylation sites (tertiary alicyclic amines) is 1. The van der Waals surface area contributed by atoms with E-state index in [2.05, 4.69) is 10.3 Å². The van der Waals surface area contributed by atoms with Crippen molar-refractivity contribution in [3.05, 3.63) is 65.4 Å². The molecule has 2 aromatic carbocycles.